The molecule has 0 fully saturated rings. The van der Waals surface area contributed by atoms with Crippen molar-refractivity contribution in [2.24, 2.45) is 0 Å². The minimum atomic E-state index is -0.208. The summed E-state index contributed by atoms with van der Waals surface area (Å²) in [4.78, 5) is 30.7. The molecule has 0 atom stereocenters. The summed E-state index contributed by atoms with van der Waals surface area (Å²) in [5, 5.41) is 14.6. The molecule has 5 rings (SSSR count). The Morgan fingerprint density at radius 1 is 1.03 bits per heavy atom. The van der Waals surface area contributed by atoms with Gasteiger partial charge in [0, 0.05) is 34.9 Å². The van der Waals surface area contributed by atoms with Crippen LogP contribution >= 0.6 is 11.8 Å². The largest absolute Gasteiger partial charge is 0.354 e. The Morgan fingerprint density at radius 3 is 2.57 bits per heavy atom. The lowest BCUT2D eigenvalue weighted by molar-refractivity contribution is -0.118. The quantitative estimate of drug-likeness (QED) is 0.208. The molecule has 0 spiro atoms. The highest BCUT2D eigenvalue weighted by Crippen LogP contribution is 2.31. The molecule has 5 aromatic rings. The van der Waals surface area contributed by atoms with Crippen molar-refractivity contribution >= 4 is 50.4 Å². The Labute approximate surface area is 206 Å². The summed E-state index contributed by atoms with van der Waals surface area (Å²) in [6, 6.07) is 23.5. The second-order valence-electron chi connectivity index (χ2n) is 8.06. The van der Waals surface area contributed by atoms with E-state index in [2.05, 4.69) is 28.9 Å². The fraction of sp³-hybridized carbons (Fsp3) is 0.185. The van der Waals surface area contributed by atoms with Gasteiger partial charge in [0.05, 0.1) is 34.8 Å². The number of aromatic nitrogens is 3. The van der Waals surface area contributed by atoms with E-state index in [4.69, 9.17) is 10.2 Å². The van der Waals surface area contributed by atoms with Crippen LogP contribution in [0.5, 0.6) is 0 Å². The molecule has 2 aromatic heterocycles. The van der Waals surface area contributed by atoms with E-state index in [9.17, 15) is 9.59 Å². The topological polar surface area (TPSA) is 92.7 Å². The van der Waals surface area contributed by atoms with Crippen LogP contribution in [-0.2, 0) is 11.3 Å². The molecule has 35 heavy (non-hydrogen) atoms. The average molecular weight is 482 g/mol. The standard InChI is InChI=1S/C27H23N5O2S/c1-2-31-23-11-6-4-8-19(23)21-16-18(12-13-24(21)31)32-26(34)20-9-3-5-10-22(20)30-27(32)35-17-25(33)29-15-7-14-28/h3-6,8-13,16H,2,7,15,17H2,1H3,(H,29,33). The van der Waals surface area contributed by atoms with Gasteiger partial charge in [-0.15, -0.1) is 0 Å². The minimum Gasteiger partial charge on any atom is -0.354 e. The molecule has 1 amide bonds. The van der Waals surface area contributed by atoms with E-state index in [1.807, 2.05) is 48.5 Å². The Bertz CT molecular complexity index is 1680. The van der Waals surface area contributed by atoms with Crippen molar-refractivity contribution in [2.75, 3.05) is 12.3 Å². The first-order valence-electron chi connectivity index (χ1n) is 11.4. The third-order valence-corrected chi connectivity index (χ3v) is 6.91. The molecule has 0 aliphatic carbocycles. The van der Waals surface area contributed by atoms with Gasteiger partial charge in [-0.2, -0.15) is 5.26 Å². The predicted octanol–water partition coefficient (Wildman–Crippen LogP) is 4.64. The molecule has 2 heterocycles. The lowest BCUT2D eigenvalue weighted by Gasteiger charge is -2.14. The normalized spacial score (nSPS) is 11.2. The molecule has 0 radical (unpaired) electrons. The molecule has 1 N–H and O–H groups in total. The Morgan fingerprint density at radius 2 is 1.77 bits per heavy atom. The Hall–Kier alpha value is -4.09. The molecule has 0 unspecified atom stereocenters. The fourth-order valence-corrected chi connectivity index (χ4v) is 5.24. The van der Waals surface area contributed by atoms with Gasteiger partial charge in [-0.1, -0.05) is 42.1 Å². The van der Waals surface area contributed by atoms with Crippen molar-refractivity contribution in [3.8, 4) is 11.8 Å². The number of nitriles is 1. The number of rotatable bonds is 7. The number of hydrogen-bond donors (Lipinski definition) is 1. The van der Waals surface area contributed by atoms with Crippen LogP contribution in [0.4, 0.5) is 0 Å². The molecule has 0 saturated heterocycles. The maximum absolute atomic E-state index is 13.6. The third-order valence-electron chi connectivity index (χ3n) is 5.97. The smallest absolute Gasteiger partial charge is 0.266 e. The number of nitrogens with one attached hydrogen (secondary N) is 1. The average Bonchev–Trinajstić information content (AvgIpc) is 3.20. The van der Waals surface area contributed by atoms with E-state index in [1.54, 1.807) is 16.7 Å². The number of para-hydroxylation sites is 2. The molecular formula is C27H23N5O2S. The second-order valence-corrected chi connectivity index (χ2v) is 9.00. The van der Waals surface area contributed by atoms with Gasteiger partial charge in [-0.25, -0.2) is 4.98 Å². The fourth-order valence-electron chi connectivity index (χ4n) is 4.40. The first kappa shape index (κ1) is 22.7. The highest BCUT2D eigenvalue weighted by atomic mass is 32.2. The van der Waals surface area contributed by atoms with Gasteiger partial charge >= 0.3 is 0 Å². The van der Waals surface area contributed by atoms with E-state index < -0.39 is 0 Å². The third kappa shape index (κ3) is 4.15. The number of amides is 1. The maximum Gasteiger partial charge on any atom is 0.266 e. The van der Waals surface area contributed by atoms with E-state index >= 15 is 0 Å². The minimum absolute atomic E-state index is 0.0909. The van der Waals surface area contributed by atoms with Crippen molar-refractivity contribution in [2.45, 2.75) is 25.0 Å². The summed E-state index contributed by atoms with van der Waals surface area (Å²) in [6.45, 7) is 3.25. The number of carbonyl (C=O) groups is 1. The Balaban J connectivity index is 1.65. The molecule has 7 nitrogen and oxygen atoms in total. The van der Waals surface area contributed by atoms with Gasteiger partial charge in [0.2, 0.25) is 5.91 Å². The Kier molecular flexibility index (Phi) is 6.25. The van der Waals surface area contributed by atoms with Crippen LogP contribution in [0, 0.1) is 11.3 Å². The molecule has 0 saturated carbocycles. The maximum atomic E-state index is 13.6. The van der Waals surface area contributed by atoms with Gasteiger partial charge in [-0.05, 0) is 43.3 Å². The zero-order valence-corrected chi connectivity index (χ0v) is 20.0. The molecule has 174 valence electrons. The number of benzene rings is 3. The number of aryl methyl sites for hydroxylation is 1. The van der Waals surface area contributed by atoms with Crippen LogP contribution in [0.2, 0.25) is 0 Å². The summed E-state index contributed by atoms with van der Waals surface area (Å²) in [6.07, 6.45) is 0.251. The molecule has 0 aliphatic heterocycles. The van der Waals surface area contributed by atoms with Gasteiger partial charge in [-0.3, -0.25) is 14.2 Å². The van der Waals surface area contributed by atoms with E-state index in [0.29, 0.717) is 28.3 Å². The first-order chi connectivity index (χ1) is 17.1. The first-order valence-corrected chi connectivity index (χ1v) is 12.4. The van der Waals surface area contributed by atoms with Crippen molar-refractivity contribution < 1.29 is 4.79 Å². The summed E-state index contributed by atoms with van der Waals surface area (Å²) in [7, 11) is 0. The number of thioether (sulfide) groups is 1. The second kappa shape index (κ2) is 9.65. The van der Waals surface area contributed by atoms with Crippen LogP contribution < -0.4 is 10.9 Å². The van der Waals surface area contributed by atoms with Crippen molar-refractivity contribution in [1.29, 1.82) is 5.26 Å². The monoisotopic (exact) mass is 481 g/mol. The van der Waals surface area contributed by atoms with Crippen molar-refractivity contribution in [3.63, 3.8) is 0 Å². The summed E-state index contributed by atoms with van der Waals surface area (Å²) >= 11 is 1.21. The van der Waals surface area contributed by atoms with Crippen LogP contribution in [-0.4, -0.2) is 32.3 Å². The van der Waals surface area contributed by atoms with Crippen molar-refractivity contribution in [1.82, 2.24) is 19.4 Å². The summed E-state index contributed by atoms with van der Waals surface area (Å²) in [5.41, 5.74) is 3.36. The van der Waals surface area contributed by atoms with Crippen LogP contribution in [0.15, 0.2) is 76.7 Å². The zero-order chi connectivity index (χ0) is 24.4. The number of nitrogens with zero attached hydrogens (tertiary/aromatic N) is 4. The predicted molar refractivity (Wildman–Crippen MR) is 140 cm³/mol. The summed E-state index contributed by atoms with van der Waals surface area (Å²) in [5.74, 6) is -0.117. The summed E-state index contributed by atoms with van der Waals surface area (Å²) < 4.78 is 3.85. The number of hydrogen-bond acceptors (Lipinski definition) is 5. The lowest BCUT2D eigenvalue weighted by Crippen LogP contribution is -2.27. The van der Waals surface area contributed by atoms with Gasteiger partial charge in [0.15, 0.2) is 5.16 Å². The molecule has 0 bridgehead atoms. The molecule has 3 aromatic carbocycles. The van der Waals surface area contributed by atoms with Gasteiger partial charge < -0.3 is 9.88 Å². The van der Waals surface area contributed by atoms with Gasteiger partial charge in [0.25, 0.3) is 5.56 Å². The lowest BCUT2D eigenvalue weighted by atomic mass is 10.1. The van der Waals surface area contributed by atoms with Crippen molar-refractivity contribution in [3.05, 3.63) is 77.1 Å². The molecule has 0 aliphatic rings. The van der Waals surface area contributed by atoms with E-state index in [1.165, 1.54) is 11.8 Å². The molecule has 8 heteroatoms. The number of carbonyl (C=O) groups excluding carboxylic acids is 1. The molecular weight excluding hydrogens is 458 g/mol. The van der Waals surface area contributed by atoms with E-state index in [0.717, 1.165) is 28.4 Å². The van der Waals surface area contributed by atoms with Crippen LogP contribution in [0.1, 0.15) is 13.3 Å². The van der Waals surface area contributed by atoms with Crippen LogP contribution in [0.3, 0.4) is 0 Å². The van der Waals surface area contributed by atoms with E-state index in [-0.39, 0.29) is 23.6 Å². The zero-order valence-electron chi connectivity index (χ0n) is 19.2. The SMILES string of the molecule is CCn1c2ccccc2c2cc(-n3c(SCC(=O)NCCC#N)nc4ccccc4c3=O)ccc21. The highest BCUT2D eigenvalue weighted by molar-refractivity contribution is 7.99. The number of fused-ring (bicyclic) bond motifs is 4. The highest BCUT2D eigenvalue weighted by Gasteiger charge is 2.17. The van der Waals surface area contributed by atoms with Crippen LogP contribution in [0.25, 0.3) is 38.4 Å². The van der Waals surface area contributed by atoms with Gasteiger partial charge in [0.1, 0.15) is 0 Å².